The zero-order chi connectivity index (χ0) is 74.0. The lowest BCUT2D eigenvalue weighted by molar-refractivity contribution is 0.669. The molecule has 22 aromatic rings. The monoisotopic (exact) mass is 1430 g/mol. The zero-order valence-corrected chi connectivity index (χ0v) is 60.6. The topological polar surface area (TPSA) is 87.7 Å². The Morgan fingerprint density at radius 3 is 0.991 bits per heavy atom. The second-order valence-corrected chi connectivity index (χ2v) is 28.4. The summed E-state index contributed by atoms with van der Waals surface area (Å²) >= 11 is 0. The van der Waals surface area contributed by atoms with E-state index in [0.29, 0.717) is 17.5 Å². The van der Waals surface area contributed by atoms with Crippen molar-refractivity contribution in [1.29, 1.82) is 0 Å². The molecule has 0 aliphatic carbocycles. The molecule has 0 saturated carbocycles. The Bertz CT molecular complexity index is 7250. The summed E-state index contributed by atoms with van der Waals surface area (Å²) in [6, 6.07) is 141. The molecule has 6 heterocycles. The highest BCUT2D eigenvalue weighted by molar-refractivity contribution is 6.14. The van der Waals surface area contributed by atoms with Crippen molar-refractivity contribution in [1.82, 2.24) is 29.1 Å². The van der Waals surface area contributed by atoms with Crippen LogP contribution in [0.15, 0.2) is 409 Å². The van der Waals surface area contributed by atoms with Gasteiger partial charge in [0.1, 0.15) is 22.3 Å². The number of aromatic nitrogens is 6. The van der Waals surface area contributed by atoms with E-state index in [2.05, 4.69) is 312 Å². The van der Waals surface area contributed by atoms with Crippen molar-refractivity contribution in [2.45, 2.75) is 0 Å². The minimum absolute atomic E-state index is 0.635. The summed E-state index contributed by atoms with van der Waals surface area (Å²) in [6.45, 7) is 0. The van der Waals surface area contributed by atoms with Gasteiger partial charge < -0.3 is 18.0 Å². The molecule has 0 spiro atoms. The molecule has 0 fully saturated rings. The van der Waals surface area contributed by atoms with Crippen LogP contribution in [0.5, 0.6) is 0 Å². The lowest BCUT2D eigenvalue weighted by atomic mass is 9.97. The molecule has 0 amide bonds. The lowest BCUT2D eigenvalue weighted by Gasteiger charge is -2.12. The van der Waals surface area contributed by atoms with E-state index in [1.807, 2.05) is 97.1 Å². The van der Waals surface area contributed by atoms with E-state index in [4.69, 9.17) is 28.8 Å². The quantitative estimate of drug-likeness (QED) is 0.121. The highest BCUT2D eigenvalue weighted by atomic mass is 16.3. The van der Waals surface area contributed by atoms with E-state index in [1.165, 1.54) is 43.7 Å². The second-order valence-electron chi connectivity index (χ2n) is 28.4. The Labute approximate surface area is 645 Å². The maximum atomic E-state index is 6.44. The third-order valence-electron chi connectivity index (χ3n) is 21.7. The average Bonchev–Trinajstić information content (AvgIpc) is 1.59. The van der Waals surface area contributed by atoms with Gasteiger partial charge >= 0.3 is 0 Å². The zero-order valence-electron chi connectivity index (χ0n) is 60.6. The van der Waals surface area contributed by atoms with Gasteiger partial charge in [0, 0.05) is 93.4 Å². The molecule has 6 aromatic heterocycles. The number of hydrogen-bond acceptors (Lipinski definition) is 6. The highest BCUT2D eigenvalue weighted by Gasteiger charge is 2.21. The number of furan rings is 2. The first-order chi connectivity index (χ1) is 55.5. The van der Waals surface area contributed by atoms with Crippen molar-refractivity contribution in [2.75, 3.05) is 0 Å². The van der Waals surface area contributed by atoms with Crippen LogP contribution in [0.4, 0.5) is 0 Å². The van der Waals surface area contributed by atoms with Crippen molar-refractivity contribution >= 4 is 87.5 Å². The molecule has 8 heteroatoms. The van der Waals surface area contributed by atoms with E-state index in [9.17, 15) is 0 Å². The van der Waals surface area contributed by atoms with Gasteiger partial charge in [-0.2, -0.15) is 0 Å². The van der Waals surface area contributed by atoms with Crippen LogP contribution in [0, 0.1) is 0 Å². The van der Waals surface area contributed by atoms with Crippen LogP contribution in [0.2, 0.25) is 0 Å². The summed E-state index contributed by atoms with van der Waals surface area (Å²) in [5, 5.41) is 9.36. The molecule has 112 heavy (non-hydrogen) atoms. The Morgan fingerprint density at radius 2 is 0.509 bits per heavy atom. The molecular formula is C104H66N6O2. The van der Waals surface area contributed by atoms with Gasteiger partial charge in [0.05, 0.1) is 33.5 Å². The smallest absolute Gasteiger partial charge is 0.164 e. The first-order valence-corrected chi connectivity index (χ1v) is 37.8. The summed E-state index contributed by atoms with van der Waals surface area (Å²) < 4.78 is 17.6. The van der Waals surface area contributed by atoms with Gasteiger partial charge in [-0.1, -0.05) is 309 Å². The summed E-state index contributed by atoms with van der Waals surface area (Å²) in [6.07, 6.45) is 0. The SMILES string of the molecule is c1ccc(-c2cc(-c3ccc(-c4ccc5c(c4)c4ccccc4n5-c4cccc(-c5cccc6c5oc5ccccc56)c4)cc3)cc(-c3ccccc3)n2)cc1.c1ccc(-c2nc(-c3ccccc3)nc(-c3cccc(-c4ccc5c(c4)c4ccccc4n5-c4cccc(-c5cccc6c5oc5ccccc56)c4)c3)n2)cc1. The predicted molar refractivity (Wildman–Crippen MR) is 462 cm³/mol. The fourth-order valence-corrected chi connectivity index (χ4v) is 16.3. The standard InChI is InChI=1S/C53H34N2O.C51H32N4O/c1-3-13-37(14-4-1)48-33-41(34-49(54-48)38-15-5-2-6-16-38)36-27-25-35(26-28-36)39-29-30-51-47(32-39)44-19-7-9-23-50(44)55(51)42-18-11-17-40(31-42)43-21-12-22-46-45-20-8-10-24-52(45)56-53(43)46;1-3-14-33(15-4-1)49-52-50(34-16-5-2-6-17-34)54-51(53-49)38-20-11-18-35(30-38)36-28-29-46-44(32-36)41-22-7-9-26-45(41)55(46)39-21-12-19-37(31-39)40-24-13-25-43-42-23-8-10-27-47(42)56-48(40)43/h1-34H;1-32H. The largest absolute Gasteiger partial charge is 0.455 e. The van der Waals surface area contributed by atoms with Crippen molar-refractivity contribution in [2.24, 2.45) is 0 Å². The molecule has 22 rings (SSSR count). The minimum Gasteiger partial charge on any atom is -0.455 e. The number of benzene rings is 16. The van der Waals surface area contributed by atoms with Crippen LogP contribution in [0.3, 0.4) is 0 Å². The number of fused-ring (bicyclic) bond motifs is 12. The summed E-state index contributed by atoms with van der Waals surface area (Å²) in [4.78, 5) is 19.9. The summed E-state index contributed by atoms with van der Waals surface area (Å²) in [5.41, 5.74) is 28.7. The third kappa shape index (κ3) is 11.7. The van der Waals surface area contributed by atoms with Gasteiger partial charge in [-0.05, 0) is 136 Å². The minimum atomic E-state index is 0.635. The van der Waals surface area contributed by atoms with Crippen molar-refractivity contribution in [3.63, 3.8) is 0 Å². The molecule has 0 radical (unpaired) electrons. The molecule has 524 valence electrons. The third-order valence-corrected chi connectivity index (χ3v) is 21.7. The van der Waals surface area contributed by atoms with Crippen molar-refractivity contribution in [3.8, 4) is 124 Å². The molecule has 0 aliphatic rings. The van der Waals surface area contributed by atoms with E-state index in [0.717, 1.165) is 150 Å². The molecule has 0 aliphatic heterocycles. The summed E-state index contributed by atoms with van der Waals surface area (Å²) in [7, 11) is 0. The normalized spacial score (nSPS) is 11.6. The number of hydrogen-bond donors (Lipinski definition) is 0. The number of para-hydroxylation sites is 6. The van der Waals surface area contributed by atoms with Gasteiger partial charge in [-0.3, -0.25) is 0 Å². The van der Waals surface area contributed by atoms with Crippen LogP contribution in [0.25, 0.3) is 211 Å². The van der Waals surface area contributed by atoms with Crippen molar-refractivity contribution in [3.05, 3.63) is 400 Å². The maximum absolute atomic E-state index is 6.44. The van der Waals surface area contributed by atoms with E-state index in [-0.39, 0.29) is 0 Å². The van der Waals surface area contributed by atoms with Crippen LogP contribution in [-0.4, -0.2) is 29.1 Å². The van der Waals surface area contributed by atoms with Crippen LogP contribution >= 0.6 is 0 Å². The van der Waals surface area contributed by atoms with Crippen LogP contribution in [-0.2, 0) is 0 Å². The Morgan fingerprint density at radius 1 is 0.179 bits per heavy atom. The van der Waals surface area contributed by atoms with Crippen LogP contribution < -0.4 is 0 Å². The molecule has 0 unspecified atom stereocenters. The van der Waals surface area contributed by atoms with Crippen molar-refractivity contribution < 1.29 is 8.83 Å². The molecular weight excluding hydrogens is 1370 g/mol. The molecule has 0 saturated heterocycles. The average molecular weight is 1430 g/mol. The Balaban J connectivity index is 0.000000141. The molecule has 0 atom stereocenters. The number of rotatable bonds is 12. The fraction of sp³-hybridized carbons (Fsp3) is 0. The maximum Gasteiger partial charge on any atom is 0.164 e. The van der Waals surface area contributed by atoms with E-state index >= 15 is 0 Å². The first kappa shape index (κ1) is 65.2. The van der Waals surface area contributed by atoms with E-state index in [1.54, 1.807) is 0 Å². The predicted octanol–water partition coefficient (Wildman–Crippen LogP) is 27.6. The van der Waals surface area contributed by atoms with Gasteiger partial charge in [0.15, 0.2) is 17.5 Å². The molecule has 16 aromatic carbocycles. The van der Waals surface area contributed by atoms with E-state index < -0.39 is 0 Å². The number of pyridine rings is 1. The highest BCUT2D eigenvalue weighted by Crippen LogP contribution is 2.43. The van der Waals surface area contributed by atoms with Gasteiger partial charge in [-0.25, -0.2) is 19.9 Å². The molecule has 0 N–H and O–H groups in total. The Hall–Kier alpha value is -15.1. The van der Waals surface area contributed by atoms with Gasteiger partial charge in [0.2, 0.25) is 0 Å². The molecule has 0 bridgehead atoms. The first-order valence-electron chi connectivity index (χ1n) is 37.8. The fourth-order valence-electron chi connectivity index (χ4n) is 16.3. The lowest BCUT2D eigenvalue weighted by Crippen LogP contribution is -2.00. The van der Waals surface area contributed by atoms with Crippen LogP contribution in [0.1, 0.15) is 0 Å². The van der Waals surface area contributed by atoms with Gasteiger partial charge in [0.25, 0.3) is 0 Å². The Kier molecular flexibility index (Phi) is 16.1. The molecule has 8 nitrogen and oxygen atoms in total. The second kappa shape index (κ2) is 27.6. The summed E-state index contributed by atoms with van der Waals surface area (Å²) in [5.74, 6) is 1.93. The van der Waals surface area contributed by atoms with Gasteiger partial charge in [-0.15, -0.1) is 0 Å². The number of nitrogens with zero attached hydrogens (tertiary/aromatic N) is 6.